The first kappa shape index (κ1) is 12.5. The van der Waals surface area contributed by atoms with Gasteiger partial charge < -0.3 is 9.84 Å². The number of aromatic hydroxyl groups is 1. The molecule has 0 amide bonds. The van der Waals surface area contributed by atoms with E-state index in [1.165, 1.54) is 0 Å². The first-order valence-corrected chi connectivity index (χ1v) is 6.17. The first-order valence-electron chi connectivity index (χ1n) is 6.17. The molecule has 0 fully saturated rings. The summed E-state index contributed by atoms with van der Waals surface area (Å²) in [6.07, 6.45) is 0. The van der Waals surface area contributed by atoms with Gasteiger partial charge in [-0.15, -0.1) is 0 Å². The Morgan fingerprint density at radius 2 is 1.67 bits per heavy atom. The second-order valence-electron chi connectivity index (χ2n) is 4.78. The summed E-state index contributed by atoms with van der Waals surface area (Å²) in [4.78, 5) is 0. The predicted octanol–water partition coefficient (Wildman–Crippen LogP) is 4.09. The molecule has 0 atom stereocenters. The van der Waals surface area contributed by atoms with Crippen molar-refractivity contribution >= 4 is 0 Å². The third kappa shape index (κ3) is 3.27. The Bertz CT molecular complexity index is 518. The normalized spacial score (nSPS) is 10.6. The molecule has 0 bridgehead atoms. The highest BCUT2D eigenvalue weighted by Gasteiger charge is 2.02. The highest BCUT2D eigenvalue weighted by atomic mass is 16.5. The lowest BCUT2D eigenvalue weighted by Crippen LogP contribution is -2.04. The maximum Gasteiger partial charge on any atom is 0.119 e. The topological polar surface area (TPSA) is 29.5 Å². The van der Waals surface area contributed by atoms with Gasteiger partial charge in [-0.05, 0) is 41.3 Å². The van der Waals surface area contributed by atoms with Crippen molar-refractivity contribution in [1.29, 1.82) is 0 Å². The van der Waals surface area contributed by atoms with Crippen molar-refractivity contribution in [3.63, 3.8) is 0 Å². The van der Waals surface area contributed by atoms with E-state index in [0.717, 1.165) is 16.9 Å². The van der Waals surface area contributed by atoms with E-state index >= 15 is 0 Å². The first-order chi connectivity index (χ1) is 8.65. The number of hydrogen-bond acceptors (Lipinski definition) is 2. The fourth-order valence-electron chi connectivity index (χ4n) is 1.71. The minimum absolute atomic E-state index is 0.279. The van der Waals surface area contributed by atoms with Crippen LogP contribution in [0.5, 0.6) is 11.5 Å². The van der Waals surface area contributed by atoms with Crippen LogP contribution in [0.3, 0.4) is 0 Å². The molecule has 0 heterocycles. The molecule has 0 unspecified atom stereocenters. The molecule has 2 heteroatoms. The van der Waals surface area contributed by atoms with Crippen LogP contribution in [0.2, 0.25) is 0 Å². The molecular weight excluding hydrogens is 224 g/mol. The summed E-state index contributed by atoms with van der Waals surface area (Å²) in [7, 11) is 0. The van der Waals surface area contributed by atoms with Crippen molar-refractivity contribution in [3.05, 3.63) is 48.5 Å². The number of rotatable bonds is 4. The molecule has 0 radical (unpaired) electrons. The molecule has 0 aliphatic rings. The molecule has 2 nitrogen and oxygen atoms in total. The Hall–Kier alpha value is -1.96. The Balaban J connectivity index is 2.21. The van der Waals surface area contributed by atoms with Crippen LogP contribution in [0.15, 0.2) is 48.5 Å². The van der Waals surface area contributed by atoms with Gasteiger partial charge in [-0.3, -0.25) is 0 Å². The molecule has 18 heavy (non-hydrogen) atoms. The summed E-state index contributed by atoms with van der Waals surface area (Å²) < 4.78 is 5.70. The number of phenolic OH excluding ortho intramolecular Hbond substituents is 1. The molecule has 0 spiro atoms. The van der Waals surface area contributed by atoms with Gasteiger partial charge in [0, 0.05) is 0 Å². The Morgan fingerprint density at radius 3 is 2.33 bits per heavy atom. The summed E-state index contributed by atoms with van der Waals surface area (Å²) in [6, 6.07) is 15.2. The summed E-state index contributed by atoms with van der Waals surface area (Å²) >= 11 is 0. The highest BCUT2D eigenvalue weighted by molar-refractivity contribution is 5.66. The van der Waals surface area contributed by atoms with E-state index in [-0.39, 0.29) is 5.75 Å². The Labute approximate surface area is 108 Å². The number of benzene rings is 2. The molecule has 0 aliphatic carbocycles. The van der Waals surface area contributed by atoms with Gasteiger partial charge >= 0.3 is 0 Å². The van der Waals surface area contributed by atoms with Gasteiger partial charge in [0.05, 0.1) is 6.61 Å². The van der Waals surface area contributed by atoms with Crippen LogP contribution < -0.4 is 4.74 Å². The average Bonchev–Trinajstić information content (AvgIpc) is 2.37. The highest BCUT2D eigenvalue weighted by Crippen LogP contribution is 2.26. The van der Waals surface area contributed by atoms with E-state index < -0.39 is 0 Å². The molecular formula is C16H18O2. The summed E-state index contributed by atoms with van der Waals surface area (Å²) in [5, 5.41) is 9.49. The van der Waals surface area contributed by atoms with Crippen molar-refractivity contribution < 1.29 is 9.84 Å². The molecule has 2 aromatic carbocycles. The molecule has 0 saturated heterocycles. The van der Waals surface area contributed by atoms with E-state index in [4.69, 9.17) is 4.74 Å². The Kier molecular flexibility index (Phi) is 3.88. The number of phenols is 1. The maximum absolute atomic E-state index is 9.49. The molecule has 2 aromatic rings. The van der Waals surface area contributed by atoms with Crippen LogP contribution in [-0.2, 0) is 0 Å². The van der Waals surface area contributed by atoms with Gasteiger partial charge in [0.1, 0.15) is 11.5 Å². The van der Waals surface area contributed by atoms with Gasteiger partial charge in [-0.2, -0.15) is 0 Å². The van der Waals surface area contributed by atoms with Crippen LogP contribution in [0, 0.1) is 5.92 Å². The average molecular weight is 242 g/mol. The van der Waals surface area contributed by atoms with Crippen LogP contribution in [0.4, 0.5) is 0 Å². The minimum Gasteiger partial charge on any atom is -0.508 e. The third-order valence-corrected chi connectivity index (χ3v) is 2.60. The standard InChI is InChI=1S/C16H18O2/c1-12(2)11-18-16-8-4-6-14(10-16)13-5-3-7-15(17)9-13/h3-10,12,17H,11H2,1-2H3. The quantitative estimate of drug-likeness (QED) is 0.874. The summed E-state index contributed by atoms with van der Waals surface area (Å²) in [6.45, 7) is 4.96. The van der Waals surface area contributed by atoms with Crippen molar-refractivity contribution in [3.8, 4) is 22.6 Å². The fraction of sp³-hybridized carbons (Fsp3) is 0.250. The maximum atomic E-state index is 9.49. The largest absolute Gasteiger partial charge is 0.508 e. The van der Waals surface area contributed by atoms with Crippen molar-refractivity contribution in [2.24, 2.45) is 5.92 Å². The van der Waals surface area contributed by atoms with E-state index in [1.807, 2.05) is 36.4 Å². The SMILES string of the molecule is CC(C)COc1cccc(-c2cccc(O)c2)c1. The zero-order chi connectivity index (χ0) is 13.0. The molecule has 1 N–H and O–H groups in total. The van der Waals surface area contributed by atoms with E-state index in [2.05, 4.69) is 13.8 Å². The van der Waals surface area contributed by atoms with E-state index in [1.54, 1.807) is 12.1 Å². The van der Waals surface area contributed by atoms with E-state index in [9.17, 15) is 5.11 Å². The van der Waals surface area contributed by atoms with Gasteiger partial charge in [-0.25, -0.2) is 0 Å². The summed E-state index contributed by atoms with van der Waals surface area (Å²) in [5.74, 6) is 1.65. The van der Waals surface area contributed by atoms with Crippen LogP contribution in [0.25, 0.3) is 11.1 Å². The van der Waals surface area contributed by atoms with E-state index in [0.29, 0.717) is 12.5 Å². The van der Waals surface area contributed by atoms with Crippen molar-refractivity contribution in [1.82, 2.24) is 0 Å². The lowest BCUT2D eigenvalue weighted by atomic mass is 10.1. The van der Waals surface area contributed by atoms with Crippen LogP contribution in [0.1, 0.15) is 13.8 Å². The minimum atomic E-state index is 0.279. The van der Waals surface area contributed by atoms with Gasteiger partial charge in [-0.1, -0.05) is 38.1 Å². The van der Waals surface area contributed by atoms with Crippen molar-refractivity contribution in [2.45, 2.75) is 13.8 Å². The van der Waals surface area contributed by atoms with Crippen molar-refractivity contribution in [2.75, 3.05) is 6.61 Å². The zero-order valence-electron chi connectivity index (χ0n) is 10.8. The summed E-state index contributed by atoms with van der Waals surface area (Å²) in [5.41, 5.74) is 2.04. The predicted molar refractivity (Wildman–Crippen MR) is 73.9 cm³/mol. The molecule has 2 rings (SSSR count). The van der Waals surface area contributed by atoms with Gasteiger partial charge in [0.15, 0.2) is 0 Å². The molecule has 94 valence electrons. The second kappa shape index (κ2) is 5.58. The van der Waals surface area contributed by atoms with Crippen LogP contribution >= 0.6 is 0 Å². The Morgan fingerprint density at radius 1 is 1.00 bits per heavy atom. The monoisotopic (exact) mass is 242 g/mol. The van der Waals surface area contributed by atoms with Gasteiger partial charge in [0.2, 0.25) is 0 Å². The molecule has 0 saturated carbocycles. The zero-order valence-corrected chi connectivity index (χ0v) is 10.8. The lowest BCUT2D eigenvalue weighted by molar-refractivity contribution is 0.271. The third-order valence-electron chi connectivity index (χ3n) is 2.60. The van der Waals surface area contributed by atoms with Gasteiger partial charge in [0.25, 0.3) is 0 Å². The molecule has 0 aromatic heterocycles. The van der Waals surface area contributed by atoms with Crippen LogP contribution in [-0.4, -0.2) is 11.7 Å². The molecule has 0 aliphatic heterocycles. The number of ether oxygens (including phenoxy) is 1. The number of hydrogen-bond donors (Lipinski definition) is 1. The second-order valence-corrected chi connectivity index (χ2v) is 4.78. The smallest absolute Gasteiger partial charge is 0.119 e. The lowest BCUT2D eigenvalue weighted by Gasteiger charge is -2.10. The fourth-order valence-corrected chi connectivity index (χ4v) is 1.71.